The molecule has 2 saturated heterocycles. The first-order chi connectivity index (χ1) is 12.7. The third-order valence-electron chi connectivity index (χ3n) is 5.68. The third kappa shape index (κ3) is 3.14. The lowest BCUT2D eigenvalue weighted by Crippen LogP contribution is -2.52. The Hall–Kier alpha value is -2.21. The van der Waals surface area contributed by atoms with Crippen LogP contribution in [0.1, 0.15) is 48.9 Å². The molecule has 1 aromatic heterocycles. The van der Waals surface area contributed by atoms with Gasteiger partial charge in [-0.05, 0) is 38.2 Å². The third-order valence-corrected chi connectivity index (χ3v) is 5.68. The number of nitrogens with zero attached hydrogens (tertiary/aromatic N) is 3. The molecule has 0 unspecified atom stereocenters. The van der Waals surface area contributed by atoms with Gasteiger partial charge in [-0.3, -0.25) is 4.79 Å². The number of rotatable bonds is 3. The van der Waals surface area contributed by atoms with Crippen LogP contribution in [0, 0.1) is 6.92 Å². The van der Waals surface area contributed by atoms with Crippen LogP contribution in [0.15, 0.2) is 34.9 Å². The minimum atomic E-state index is -0.480. The largest absolute Gasteiger partial charge is 0.381 e. The van der Waals surface area contributed by atoms with Gasteiger partial charge >= 0.3 is 0 Å². The number of aryl methyl sites for hydroxylation is 1. The average Bonchev–Trinajstić information content (AvgIpc) is 3.15. The molecule has 2 aromatic rings. The first kappa shape index (κ1) is 17.2. The van der Waals surface area contributed by atoms with Gasteiger partial charge in [-0.25, -0.2) is 0 Å². The van der Waals surface area contributed by atoms with Crippen molar-refractivity contribution in [2.75, 3.05) is 26.3 Å². The fourth-order valence-corrected chi connectivity index (χ4v) is 4.25. The maximum Gasteiger partial charge on any atom is 0.233 e. The molecule has 3 heterocycles. The second-order valence-corrected chi connectivity index (χ2v) is 7.33. The Labute approximate surface area is 153 Å². The second-order valence-electron chi connectivity index (χ2n) is 7.33. The minimum Gasteiger partial charge on any atom is -0.381 e. The van der Waals surface area contributed by atoms with Crippen LogP contribution in [0.2, 0.25) is 0 Å². The van der Waals surface area contributed by atoms with E-state index in [9.17, 15) is 4.79 Å². The SMILES string of the molecule is Cc1noc([C@H]2CCCN(C(=O)C3(c4ccccc4)CCOCC3)C2)n1. The van der Waals surface area contributed by atoms with Gasteiger partial charge in [0.2, 0.25) is 11.8 Å². The predicted octanol–water partition coefficient (Wildman–Crippen LogP) is 2.83. The van der Waals surface area contributed by atoms with Gasteiger partial charge in [-0.1, -0.05) is 35.5 Å². The summed E-state index contributed by atoms with van der Waals surface area (Å²) in [6, 6.07) is 10.2. The average molecular weight is 355 g/mol. The Balaban J connectivity index is 1.59. The van der Waals surface area contributed by atoms with E-state index in [1.165, 1.54) is 0 Å². The highest BCUT2D eigenvalue weighted by atomic mass is 16.5. The zero-order chi connectivity index (χ0) is 18.0. The van der Waals surface area contributed by atoms with Crippen molar-refractivity contribution in [3.63, 3.8) is 0 Å². The maximum atomic E-state index is 13.7. The molecule has 0 radical (unpaired) electrons. The number of amides is 1. The monoisotopic (exact) mass is 355 g/mol. The molecule has 2 aliphatic heterocycles. The summed E-state index contributed by atoms with van der Waals surface area (Å²) in [4.78, 5) is 20.0. The van der Waals surface area contributed by atoms with E-state index in [1.54, 1.807) is 0 Å². The van der Waals surface area contributed by atoms with E-state index in [-0.39, 0.29) is 11.8 Å². The van der Waals surface area contributed by atoms with Crippen LogP contribution in [-0.4, -0.2) is 47.3 Å². The van der Waals surface area contributed by atoms with Gasteiger partial charge in [-0.15, -0.1) is 0 Å². The predicted molar refractivity (Wildman–Crippen MR) is 95.8 cm³/mol. The maximum absolute atomic E-state index is 13.7. The molecular weight excluding hydrogens is 330 g/mol. The normalized spacial score (nSPS) is 23.0. The number of carbonyl (C=O) groups is 1. The quantitative estimate of drug-likeness (QED) is 0.847. The molecule has 6 heteroatoms. The number of hydrogen-bond acceptors (Lipinski definition) is 5. The number of carbonyl (C=O) groups excluding carboxylic acids is 1. The van der Waals surface area contributed by atoms with Crippen molar-refractivity contribution >= 4 is 5.91 Å². The van der Waals surface area contributed by atoms with Gasteiger partial charge in [0.1, 0.15) is 0 Å². The number of likely N-dealkylation sites (tertiary alicyclic amines) is 1. The highest BCUT2D eigenvalue weighted by molar-refractivity contribution is 5.88. The van der Waals surface area contributed by atoms with Gasteiger partial charge in [0.25, 0.3) is 0 Å². The molecule has 0 spiro atoms. The van der Waals surface area contributed by atoms with Gasteiger partial charge in [-0.2, -0.15) is 4.98 Å². The lowest BCUT2D eigenvalue weighted by atomic mass is 9.72. The van der Waals surface area contributed by atoms with Crippen LogP contribution in [0.5, 0.6) is 0 Å². The van der Waals surface area contributed by atoms with E-state index in [2.05, 4.69) is 22.3 Å². The van der Waals surface area contributed by atoms with Crippen LogP contribution < -0.4 is 0 Å². The van der Waals surface area contributed by atoms with E-state index in [0.29, 0.717) is 31.5 Å². The van der Waals surface area contributed by atoms with Crippen LogP contribution in [0.3, 0.4) is 0 Å². The van der Waals surface area contributed by atoms with Gasteiger partial charge in [0.15, 0.2) is 5.82 Å². The Morgan fingerprint density at radius 2 is 2.00 bits per heavy atom. The highest BCUT2D eigenvalue weighted by Gasteiger charge is 2.45. The number of ether oxygens (including phenoxy) is 1. The molecule has 4 rings (SSSR count). The summed E-state index contributed by atoms with van der Waals surface area (Å²) in [7, 11) is 0. The highest BCUT2D eigenvalue weighted by Crippen LogP contribution is 2.38. The van der Waals surface area contributed by atoms with Crippen molar-refractivity contribution in [3.05, 3.63) is 47.6 Å². The summed E-state index contributed by atoms with van der Waals surface area (Å²) in [6.07, 6.45) is 3.40. The summed E-state index contributed by atoms with van der Waals surface area (Å²) >= 11 is 0. The Morgan fingerprint density at radius 3 is 2.69 bits per heavy atom. The molecular formula is C20H25N3O3. The fourth-order valence-electron chi connectivity index (χ4n) is 4.25. The zero-order valence-electron chi connectivity index (χ0n) is 15.2. The summed E-state index contributed by atoms with van der Waals surface area (Å²) in [5, 5.41) is 3.91. The van der Waals surface area contributed by atoms with Crippen molar-refractivity contribution in [2.24, 2.45) is 0 Å². The fraction of sp³-hybridized carbons (Fsp3) is 0.550. The van der Waals surface area contributed by atoms with Crippen molar-refractivity contribution in [2.45, 2.75) is 43.9 Å². The zero-order valence-corrected chi connectivity index (χ0v) is 15.2. The smallest absolute Gasteiger partial charge is 0.233 e. The van der Waals surface area contributed by atoms with Crippen LogP contribution in [0.25, 0.3) is 0 Å². The Bertz CT molecular complexity index is 753. The molecule has 1 aromatic carbocycles. The van der Waals surface area contributed by atoms with Crippen LogP contribution in [0.4, 0.5) is 0 Å². The molecule has 1 atom stereocenters. The van der Waals surface area contributed by atoms with E-state index < -0.39 is 5.41 Å². The summed E-state index contributed by atoms with van der Waals surface area (Å²) in [5.41, 5.74) is 0.621. The Morgan fingerprint density at radius 1 is 1.23 bits per heavy atom. The molecule has 1 amide bonds. The Kier molecular flexibility index (Phi) is 4.76. The summed E-state index contributed by atoms with van der Waals surface area (Å²) in [5.74, 6) is 1.64. The summed E-state index contributed by atoms with van der Waals surface area (Å²) in [6.45, 7) is 4.51. The molecule has 26 heavy (non-hydrogen) atoms. The molecule has 0 saturated carbocycles. The van der Waals surface area contributed by atoms with Gasteiger partial charge < -0.3 is 14.2 Å². The summed E-state index contributed by atoms with van der Waals surface area (Å²) < 4.78 is 10.9. The van der Waals surface area contributed by atoms with E-state index >= 15 is 0 Å². The van der Waals surface area contributed by atoms with E-state index in [1.807, 2.05) is 30.0 Å². The van der Waals surface area contributed by atoms with Crippen molar-refractivity contribution in [1.29, 1.82) is 0 Å². The van der Waals surface area contributed by atoms with E-state index in [0.717, 1.165) is 37.8 Å². The first-order valence-electron chi connectivity index (χ1n) is 9.42. The molecule has 2 fully saturated rings. The molecule has 0 bridgehead atoms. The molecule has 138 valence electrons. The van der Waals surface area contributed by atoms with Crippen molar-refractivity contribution in [3.8, 4) is 0 Å². The van der Waals surface area contributed by atoms with Crippen LogP contribution >= 0.6 is 0 Å². The number of benzene rings is 1. The van der Waals surface area contributed by atoms with Crippen molar-refractivity contribution < 1.29 is 14.1 Å². The van der Waals surface area contributed by atoms with Crippen molar-refractivity contribution in [1.82, 2.24) is 15.0 Å². The second kappa shape index (κ2) is 7.19. The van der Waals surface area contributed by atoms with Gasteiger partial charge in [0, 0.05) is 26.3 Å². The standard InChI is InChI=1S/C20H25N3O3/c1-15-21-18(26-22-15)16-6-5-11-23(14-16)19(24)20(9-12-25-13-10-20)17-7-3-2-4-8-17/h2-4,7-8,16H,5-6,9-14H2,1H3/t16-/m0/s1. The molecule has 2 aliphatic rings. The number of piperidine rings is 1. The lowest BCUT2D eigenvalue weighted by molar-refractivity contribution is -0.142. The molecule has 6 nitrogen and oxygen atoms in total. The van der Waals surface area contributed by atoms with Gasteiger partial charge in [0.05, 0.1) is 11.3 Å². The lowest BCUT2D eigenvalue weighted by Gasteiger charge is -2.42. The first-order valence-corrected chi connectivity index (χ1v) is 9.42. The number of aromatic nitrogens is 2. The minimum absolute atomic E-state index is 0.126. The van der Waals surface area contributed by atoms with Crippen LogP contribution in [-0.2, 0) is 14.9 Å². The molecule has 0 aliphatic carbocycles. The molecule has 0 N–H and O–H groups in total. The topological polar surface area (TPSA) is 68.5 Å². The number of hydrogen-bond donors (Lipinski definition) is 0. The van der Waals surface area contributed by atoms with E-state index in [4.69, 9.17) is 9.26 Å².